The predicted molar refractivity (Wildman–Crippen MR) is 150 cm³/mol. The maximum Gasteiger partial charge on any atom is 0.155 e. The van der Waals surface area contributed by atoms with E-state index in [1.165, 1.54) is 67.7 Å². The van der Waals surface area contributed by atoms with Gasteiger partial charge in [-0.3, -0.25) is 9.78 Å². The Hall–Kier alpha value is -3.63. The zero-order valence-electron chi connectivity index (χ0n) is 20.2. The summed E-state index contributed by atoms with van der Waals surface area (Å²) in [4.78, 5) is 15.1. The first-order valence-corrected chi connectivity index (χ1v) is 12.6. The molecule has 0 amide bonds. The molecule has 0 unspecified atom stereocenters. The average molecular weight is 677 g/mol. The van der Waals surface area contributed by atoms with E-state index in [0.717, 1.165) is 16.8 Å². The summed E-state index contributed by atoms with van der Waals surface area (Å²) in [6.45, 7) is 2.85. The van der Waals surface area contributed by atoms with Gasteiger partial charge < -0.3 is 5.11 Å². The molecule has 7 rings (SSSR count). The van der Waals surface area contributed by atoms with Crippen LogP contribution in [0.1, 0.15) is 13.8 Å². The molecule has 0 atom stereocenters. The molecule has 3 nitrogen and oxygen atoms in total. The number of fused-ring (bicyclic) bond motifs is 6. The number of carbonyl (C=O) groups is 1. The van der Waals surface area contributed by atoms with Crippen molar-refractivity contribution in [2.45, 2.75) is 13.8 Å². The normalized spacial score (nSPS) is 11.7. The SMILES string of the molecule is CC(=O)C=C(C)O.[Ir].[c-]1ccc2c(sc3ccccc32)c1-c1cc2c3c(cccc3n1)-c1ccccc1-2. The number of hydrogen-bond acceptors (Lipinski definition) is 4. The van der Waals surface area contributed by atoms with E-state index in [4.69, 9.17) is 10.1 Å². The first-order chi connectivity index (χ1) is 17.5. The van der Waals surface area contributed by atoms with E-state index >= 15 is 0 Å². The van der Waals surface area contributed by atoms with Crippen molar-refractivity contribution in [1.29, 1.82) is 0 Å². The van der Waals surface area contributed by atoms with Gasteiger partial charge in [-0.1, -0.05) is 66.0 Å². The number of aliphatic hydroxyl groups is 1. The third-order valence-corrected chi connectivity index (χ3v) is 7.55. The summed E-state index contributed by atoms with van der Waals surface area (Å²) >= 11 is 1.83. The van der Waals surface area contributed by atoms with Crippen LogP contribution in [-0.4, -0.2) is 15.9 Å². The molecule has 37 heavy (non-hydrogen) atoms. The van der Waals surface area contributed by atoms with Gasteiger partial charge in [0.25, 0.3) is 0 Å². The van der Waals surface area contributed by atoms with E-state index < -0.39 is 0 Å². The van der Waals surface area contributed by atoms with E-state index in [0.29, 0.717) is 0 Å². The van der Waals surface area contributed by atoms with Gasteiger partial charge in [0.15, 0.2) is 5.78 Å². The molecule has 2 aromatic heterocycles. The molecule has 0 bridgehead atoms. The molecule has 0 aliphatic heterocycles. The zero-order valence-corrected chi connectivity index (χ0v) is 23.4. The summed E-state index contributed by atoms with van der Waals surface area (Å²) in [7, 11) is 0. The van der Waals surface area contributed by atoms with Gasteiger partial charge in [-0.05, 0) is 64.0 Å². The second kappa shape index (κ2) is 10.0. The summed E-state index contributed by atoms with van der Waals surface area (Å²) < 4.78 is 2.57. The van der Waals surface area contributed by atoms with Gasteiger partial charge in [-0.2, -0.15) is 11.3 Å². The van der Waals surface area contributed by atoms with Crippen LogP contribution in [0.3, 0.4) is 0 Å². The van der Waals surface area contributed by atoms with Gasteiger partial charge in [0, 0.05) is 36.3 Å². The molecule has 1 aliphatic carbocycles. The van der Waals surface area contributed by atoms with Crippen molar-refractivity contribution in [3.05, 3.63) is 103 Å². The largest absolute Gasteiger partial charge is 0.512 e. The van der Waals surface area contributed by atoms with Crippen molar-refractivity contribution in [2.75, 3.05) is 0 Å². The number of aromatic nitrogens is 1. The Balaban J connectivity index is 0.000000313. The fraction of sp³-hybridized carbons (Fsp3) is 0.0625. The second-order valence-corrected chi connectivity index (χ2v) is 9.94. The quantitative estimate of drug-likeness (QED) is 0.113. The van der Waals surface area contributed by atoms with E-state index in [2.05, 4.69) is 84.9 Å². The second-order valence-electron chi connectivity index (χ2n) is 8.89. The Morgan fingerprint density at radius 2 is 1.57 bits per heavy atom. The van der Waals surface area contributed by atoms with Gasteiger partial charge in [0.05, 0.1) is 11.3 Å². The number of aliphatic hydroxyl groups excluding tert-OH is 1. The zero-order chi connectivity index (χ0) is 24.8. The minimum Gasteiger partial charge on any atom is -0.512 e. The van der Waals surface area contributed by atoms with E-state index in [-0.39, 0.29) is 31.6 Å². The minimum absolute atomic E-state index is 0. The van der Waals surface area contributed by atoms with Crippen LogP contribution >= 0.6 is 11.3 Å². The van der Waals surface area contributed by atoms with Crippen LogP contribution in [-0.2, 0) is 24.9 Å². The van der Waals surface area contributed by atoms with Gasteiger partial charge in [0.2, 0.25) is 0 Å². The van der Waals surface area contributed by atoms with E-state index in [1.807, 2.05) is 17.4 Å². The molecule has 0 saturated carbocycles. The molecule has 183 valence electrons. The van der Waals surface area contributed by atoms with Crippen molar-refractivity contribution in [3.8, 4) is 33.5 Å². The van der Waals surface area contributed by atoms with E-state index in [9.17, 15) is 4.79 Å². The summed E-state index contributed by atoms with van der Waals surface area (Å²) in [6.07, 6.45) is 1.17. The number of nitrogens with zero attached hydrogens (tertiary/aromatic N) is 1. The Morgan fingerprint density at radius 1 is 0.865 bits per heavy atom. The maximum atomic E-state index is 10.0. The number of carbonyl (C=O) groups excluding carboxylic acids is 1. The van der Waals surface area contributed by atoms with Crippen molar-refractivity contribution >= 4 is 48.2 Å². The Morgan fingerprint density at radius 3 is 2.30 bits per heavy atom. The third-order valence-electron chi connectivity index (χ3n) is 6.35. The number of hydrogen-bond donors (Lipinski definition) is 1. The fourth-order valence-corrected chi connectivity index (χ4v) is 6.19. The smallest absolute Gasteiger partial charge is 0.155 e. The maximum absolute atomic E-state index is 10.0. The van der Waals surface area contributed by atoms with Crippen LogP contribution in [0.25, 0.3) is 64.6 Å². The number of allylic oxidation sites excluding steroid dienone is 2. The molecule has 2 heterocycles. The first kappa shape index (κ1) is 25.0. The predicted octanol–water partition coefficient (Wildman–Crippen LogP) is 8.75. The van der Waals surface area contributed by atoms with Crippen molar-refractivity contribution < 1.29 is 30.0 Å². The molecule has 1 N–H and O–H groups in total. The van der Waals surface area contributed by atoms with Crippen molar-refractivity contribution in [1.82, 2.24) is 4.98 Å². The Bertz CT molecular complexity index is 1850. The van der Waals surface area contributed by atoms with Crippen LogP contribution < -0.4 is 0 Å². The number of pyridine rings is 1. The van der Waals surface area contributed by atoms with Crippen LogP contribution in [0.4, 0.5) is 0 Å². The van der Waals surface area contributed by atoms with E-state index in [1.54, 1.807) is 0 Å². The van der Waals surface area contributed by atoms with Crippen LogP contribution in [0.2, 0.25) is 0 Å². The molecule has 5 heteroatoms. The van der Waals surface area contributed by atoms with Gasteiger partial charge in [0.1, 0.15) is 0 Å². The molecule has 0 saturated heterocycles. The molecule has 0 spiro atoms. The fourth-order valence-electron chi connectivity index (χ4n) is 4.98. The van der Waals surface area contributed by atoms with Crippen LogP contribution in [0.5, 0.6) is 0 Å². The minimum atomic E-state index is -0.125. The standard InChI is InChI=1S/C27H14NS.C5H8O2.Ir/c1-2-8-17-16(7-1)19-10-6-13-23-26(19)22(17)15-24(28-23)21-12-5-11-20-18-9-3-4-14-25(18)29-27(20)21;1-4(6)3-5(2)7;/h1-11,13-15H;3,6H,1-2H3;/q-1;;. The molecule has 1 radical (unpaired) electrons. The monoisotopic (exact) mass is 677 g/mol. The van der Waals surface area contributed by atoms with Crippen molar-refractivity contribution in [3.63, 3.8) is 0 Å². The summed E-state index contributed by atoms with van der Waals surface area (Å²) in [5.41, 5.74) is 8.31. The Kier molecular flexibility index (Phi) is 6.78. The summed E-state index contributed by atoms with van der Waals surface area (Å²) in [6, 6.07) is 33.7. The number of rotatable bonds is 2. The molecule has 4 aromatic carbocycles. The third kappa shape index (κ3) is 4.40. The van der Waals surface area contributed by atoms with Gasteiger partial charge in [-0.15, -0.1) is 23.8 Å². The topological polar surface area (TPSA) is 50.2 Å². The average Bonchev–Trinajstić information content (AvgIpc) is 3.41. The Labute approximate surface area is 232 Å². The number of thiophene rings is 1. The van der Waals surface area contributed by atoms with Gasteiger partial charge in [-0.25, -0.2) is 0 Å². The summed E-state index contributed by atoms with van der Waals surface area (Å²) in [5, 5.41) is 12.2. The van der Waals surface area contributed by atoms with Crippen molar-refractivity contribution in [2.24, 2.45) is 0 Å². The van der Waals surface area contributed by atoms with Crippen LogP contribution in [0, 0.1) is 6.07 Å². The first-order valence-electron chi connectivity index (χ1n) is 11.7. The van der Waals surface area contributed by atoms with Gasteiger partial charge >= 0.3 is 0 Å². The molecule has 6 aromatic rings. The van der Waals surface area contributed by atoms with Crippen LogP contribution in [0.15, 0.2) is 96.8 Å². The molecular weight excluding hydrogens is 655 g/mol. The number of benzene rings is 4. The molecular formula is C32H22IrNO2S-. The number of ketones is 1. The summed E-state index contributed by atoms with van der Waals surface area (Å²) in [5.74, 6) is -0.0625. The molecule has 1 aliphatic rings. The molecule has 0 fully saturated rings.